The number of amides is 3. The maximum Gasteiger partial charge on any atom is 0.291 e. The Morgan fingerprint density at radius 3 is 1.61 bits per heavy atom. The fraction of sp³-hybridized carbons (Fsp3) is 0.833. The number of nitrogens with one attached hydrogen (secondary N) is 2. The zero-order valence-corrected chi connectivity index (χ0v) is 18.6. The minimum atomic E-state index is -1.22. The van der Waals surface area contributed by atoms with Crippen LogP contribution in [-0.4, -0.2) is 52.6 Å². The van der Waals surface area contributed by atoms with Crippen molar-refractivity contribution < 1.29 is 19.2 Å². The highest BCUT2D eigenvalue weighted by molar-refractivity contribution is 6.44. The maximum atomic E-state index is 13.4. The molecule has 0 aromatic carbocycles. The van der Waals surface area contributed by atoms with Crippen molar-refractivity contribution in [3.8, 4) is 0 Å². The Bertz CT molecular complexity index is 691. The van der Waals surface area contributed by atoms with Gasteiger partial charge >= 0.3 is 0 Å². The van der Waals surface area contributed by atoms with Gasteiger partial charge in [-0.3, -0.25) is 19.2 Å². The lowest BCUT2D eigenvalue weighted by Crippen LogP contribution is -2.56. The number of nitrogens with zero attached hydrogens (tertiary/aromatic N) is 1. The molecule has 3 aliphatic carbocycles. The summed E-state index contributed by atoms with van der Waals surface area (Å²) < 4.78 is 0. The largest absolute Gasteiger partial charge is 0.353 e. The minimum absolute atomic E-state index is 0.0370. The minimum Gasteiger partial charge on any atom is -0.353 e. The number of rotatable bonds is 5. The number of hydrogen-bond acceptors (Lipinski definition) is 4. The Balaban J connectivity index is 1.55. The van der Waals surface area contributed by atoms with E-state index in [1.54, 1.807) is 0 Å². The van der Waals surface area contributed by atoms with E-state index in [1.807, 2.05) is 0 Å². The van der Waals surface area contributed by atoms with E-state index < -0.39 is 29.6 Å². The molecular weight excluding hydrogens is 394 g/mol. The first-order valence-corrected chi connectivity index (χ1v) is 12.5. The molecule has 2 atom stereocenters. The standard InChI is InChI=1S/C24H37N3O4/c28-21-19(22(29)25-16-10-4-1-5-11-16)20(23(30)26-17-12-6-2-7-13-17)27(24(21)31)18-14-8-3-9-15-18/h16-20H,1-15H2,(H,25,29)(H,26,30)/t19-,20+/m0/s1. The van der Waals surface area contributed by atoms with Gasteiger partial charge in [-0.05, 0) is 38.5 Å². The lowest BCUT2D eigenvalue weighted by Gasteiger charge is -2.36. The van der Waals surface area contributed by atoms with Gasteiger partial charge in [0.15, 0.2) is 0 Å². The average Bonchev–Trinajstić information content (AvgIpc) is 3.06. The molecule has 1 saturated heterocycles. The predicted octanol–water partition coefficient (Wildman–Crippen LogP) is 2.61. The van der Waals surface area contributed by atoms with Crippen molar-refractivity contribution in [3.63, 3.8) is 0 Å². The summed E-state index contributed by atoms with van der Waals surface area (Å²) in [4.78, 5) is 54.2. The first kappa shape index (κ1) is 22.3. The van der Waals surface area contributed by atoms with E-state index in [9.17, 15) is 19.2 Å². The summed E-state index contributed by atoms with van der Waals surface area (Å²) in [5.41, 5.74) is 0. The number of Topliss-reactive ketones (excluding diaryl/α,β-unsaturated/α-hetero) is 1. The third-order valence-corrected chi connectivity index (χ3v) is 7.77. The van der Waals surface area contributed by atoms with Gasteiger partial charge in [0.2, 0.25) is 17.6 Å². The quantitative estimate of drug-likeness (QED) is 0.517. The smallest absolute Gasteiger partial charge is 0.291 e. The number of likely N-dealkylation sites (tertiary alicyclic amines) is 1. The third-order valence-electron chi connectivity index (χ3n) is 7.77. The summed E-state index contributed by atoms with van der Waals surface area (Å²) in [6.45, 7) is 0. The fourth-order valence-corrected chi connectivity index (χ4v) is 6.05. The molecule has 31 heavy (non-hydrogen) atoms. The van der Waals surface area contributed by atoms with Crippen molar-refractivity contribution in [3.05, 3.63) is 0 Å². The van der Waals surface area contributed by atoms with E-state index in [0.717, 1.165) is 89.9 Å². The normalized spacial score (nSPS) is 29.2. The zero-order chi connectivity index (χ0) is 21.8. The van der Waals surface area contributed by atoms with Gasteiger partial charge in [-0.2, -0.15) is 0 Å². The summed E-state index contributed by atoms with van der Waals surface area (Å²) in [6, 6.07) is -1.02. The van der Waals surface area contributed by atoms with Crippen LogP contribution in [-0.2, 0) is 19.2 Å². The van der Waals surface area contributed by atoms with E-state index in [4.69, 9.17) is 0 Å². The van der Waals surface area contributed by atoms with Gasteiger partial charge in [0.25, 0.3) is 5.91 Å². The molecule has 1 aliphatic heterocycles. The molecular formula is C24H37N3O4. The molecule has 0 spiro atoms. The van der Waals surface area contributed by atoms with Crippen molar-refractivity contribution >= 4 is 23.5 Å². The molecule has 3 saturated carbocycles. The van der Waals surface area contributed by atoms with Gasteiger partial charge < -0.3 is 15.5 Å². The topological polar surface area (TPSA) is 95.6 Å². The molecule has 0 unspecified atom stereocenters. The van der Waals surface area contributed by atoms with Crippen molar-refractivity contribution in [2.24, 2.45) is 5.92 Å². The molecule has 2 N–H and O–H groups in total. The Kier molecular flexibility index (Phi) is 7.28. The van der Waals surface area contributed by atoms with E-state index in [-0.39, 0.29) is 24.0 Å². The van der Waals surface area contributed by atoms with Crippen LogP contribution >= 0.6 is 0 Å². The van der Waals surface area contributed by atoms with Crippen molar-refractivity contribution in [2.75, 3.05) is 0 Å². The summed E-state index contributed by atoms with van der Waals surface area (Å²) in [7, 11) is 0. The second kappa shape index (κ2) is 10.1. The van der Waals surface area contributed by atoms with E-state index in [1.165, 1.54) is 11.3 Å². The molecule has 0 radical (unpaired) electrons. The Labute approximate surface area is 185 Å². The van der Waals surface area contributed by atoms with Crippen molar-refractivity contribution in [2.45, 2.75) is 120 Å². The Morgan fingerprint density at radius 2 is 1.10 bits per heavy atom. The molecule has 0 bridgehead atoms. The van der Waals surface area contributed by atoms with Gasteiger partial charge in [-0.15, -0.1) is 0 Å². The molecule has 0 aromatic heterocycles. The first-order valence-electron chi connectivity index (χ1n) is 12.5. The summed E-state index contributed by atoms with van der Waals surface area (Å²) in [5, 5.41) is 6.10. The van der Waals surface area contributed by atoms with Gasteiger partial charge in [-0.1, -0.05) is 57.8 Å². The molecule has 172 valence electrons. The van der Waals surface area contributed by atoms with Gasteiger partial charge in [-0.25, -0.2) is 0 Å². The number of carbonyl (C=O) groups is 4. The van der Waals surface area contributed by atoms with E-state index in [0.29, 0.717) is 0 Å². The number of hydrogen-bond donors (Lipinski definition) is 2. The highest BCUT2D eigenvalue weighted by atomic mass is 16.2. The van der Waals surface area contributed by atoms with Crippen molar-refractivity contribution in [1.29, 1.82) is 0 Å². The molecule has 3 amide bonds. The monoisotopic (exact) mass is 431 g/mol. The average molecular weight is 432 g/mol. The highest BCUT2D eigenvalue weighted by Crippen LogP contribution is 2.33. The van der Waals surface area contributed by atoms with Crippen LogP contribution in [0, 0.1) is 5.92 Å². The van der Waals surface area contributed by atoms with Gasteiger partial charge in [0.1, 0.15) is 12.0 Å². The molecule has 1 heterocycles. The van der Waals surface area contributed by atoms with Crippen LogP contribution in [0.15, 0.2) is 0 Å². The second-order valence-electron chi connectivity index (χ2n) is 9.98. The Morgan fingerprint density at radius 1 is 0.645 bits per heavy atom. The molecule has 7 heteroatoms. The van der Waals surface area contributed by atoms with Crippen LogP contribution in [0.5, 0.6) is 0 Å². The SMILES string of the molecule is O=C(NC1CCCCC1)[C@@H]1C(=O)C(=O)N(C2CCCCC2)[C@H]1C(=O)NC1CCCCC1. The summed E-state index contributed by atoms with van der Waals surface area (Å²) in [5.74, 6) is -3.32. The summed E-state index contributed by atoms with van der Waals surface area (Å²) in [6.07, 6.45) is 14.9. The van der Waals surface area contributed by atoms with Gasteiger partial charge in [0.05, 0.1) is 0 Å². The van der Waals surface area contributed by atoms with E-state index >= 15 is 0 Å². The highest BCUT2D eigenvalue weighted by Gasteiger charge is 2.56. The second-order valence-corrected chi connectivity index (χ2v) is 9.98. The molecule has 0 aromatic rings. The zero-order valence-electron chi connectivity index (χ0n) is 18.6. The van der Waals surface area contributed by atoms with E-state index in [2.05, 4.69) is 10.6 Å². The Hall–Kier alpha value is -1.92. The lowest BCUT2D eigenvalue weighted by atomic mass is 9.90. The lowest BCUT2D eigenvalue weighted by molar-refractivity contribution is -0.144. The fourth-order valence-electron chi connectivity index (χ4n) is 6.05. The third kappa shape index (κ3) is 4.96. The van der Waals surface area contributed by atoms with Crippen LogP contribution in [0.1, 0.15) is 96.3 Å². The number of carbonyl (C=O) groups excluding carboxylic acids is 4. The molecule has 7 nitrogen and oxygen atoms in total. The molecule has 4 fully saturated rings. The van der Waals surface area contributed by atoms with Crippen LogP contribution in [0.4, 0.5) is 0 Å². The van der Waals surface area contributed by atoms with Crippen molar-refractivity contribution in [1.82, 2.24) is 15.5 Å². The van der Waals surface area contributed by atoms with Crippen LogP contribution in [0.25, 0.3) is 0 Å². The van der Waals surface area contributed by atoms with Crippen LogP contribution < -0.4 is 10.6 Å². The predicted molar refractivity (Wildman–Crippen MR) is 116 cm³/mol. The summed E-state index contributed by atoms with van der Waals surface area (Å²) >= 11 is 0. The van der Waals surface area contributed by atoms with Gasteiger partial charge in [0, 0.05) is 18.1 Å². The molecule has 4 aliphatic rings. The number of ketones is 1. The molecule has 4 rings (SSSR count). The van der Waals surface area contributed by atoms with Crippen LogP contribution in [0.2, 0.25) is 0 Å². The van der Waals surface area contributed by atoms with Crippen LogP contribution in [0.3, 0.4) is 0 Å². The maximum absolute atomic E-state index is 13.4. The first-order chi connectivity index (χ1) is 15.1.